The van der Waals surface area contributed by atoms with Crippen molar-refractivity contribution < 1.29 is 9.59 Å². The SMILES string of the molecule is CN1C(=O)N(Cc2ccccc2)C(=O)CC1CN1CCC(Cc2cc(Cl)ccc2Cl)CC1. The van der Waals surface area contributed by atoms with Gasteiger partial charge in [-0.2, -0.15) is 0 Å². The van der Waals surface area contributed by atoms with Gasteiger partial charge in [-0.05, 0) is 67.6 Å². The van der Waals surface area contributed by atoms with Gasteiger partial charge >= 0.3 is 6.03 Å². The first kappa shape index (κ1) is 23.1. The number of benzene rings is 2. The Morgan fingerprint density at radius 2 is 1.72 bits per heavy atom. The molecule has 1 unspecified atom stereocenters. The van der Waals surface area contributed by atoms with Crippen LogP contribution in [0.5, 0.6) is 0 Å². The smallest absolute Gasteiger partial charge is 0.323 e. The van der Waals surface area contributed by atoms with Crippen molar-refractivity contribution in [1.82, 2.24) is 14.7 Å². The number of carbonyl (C=O) groups excluding carboxylic acids is 2. The van der Waals surface area contributed by atoms with Crippen molar-refractivity contribution in [2.45, 2.75) is 38.3 Å². The Bertz CT molecular complexity index is 961. The van der Waals surface area contributed by atoms with Crippen LogP contribution in [0.25, 0.3) is 0 Å². The molecule has 0 radical (unpaired) electrons. The van der Waals surface area contributed by atoms with Gasteiger partial charge < -0.3 is 9.80 Å². The van der Waals surface area contributed by atoms with Crippen molar-refractivity contribution in [2.75, 3.05) is 26.7 Å². The lowest BCUT2D eigenvalue weighted by molar-refractivity contribution is -0.133. The molecule has 0 N–H and O–H groups in total. The third-order valence-corrected chi connectivity index (χ3v) is 7.27. The number of nitrogens with zero attached hydrogens (tertiary/aromatic N) is 3. The van der Waals surface area contributed by atoms with E-state index in [0.29, 0.717) is 18.9 Å². The van der Waals surface area contributed by atoms with Crippen molar-refractivity contribution in [2.24, 2.45) is 5.92 Å². The molecule has 0 aliphatic carbocycles. The molecule has 5 nitrogen and oxygen atoms in total. The highest BCUT2D eigenvalue weighted by molar-refractivity contribution is 6.33. The summed E-state index contributed by atoms with van der Waals surface area (Å²) in [5.74, 6) is 0.475. The molecule has 2 aromatic rings. The third kappa shape index (κ3) is 5.45. The minimum atomic E-state index is -0.208. The van der Waals surface area contributed by atoms with Crippen LogP contribution in [-0.4, -0.2) is 59.4 Å². The molecule has 7 heteroatoms. The zero-order chi connectivity index (χ0) is 22.7. The predicted octanol–water partition coefficient (Wildman–Crippen LogP) is 5.10. The quantitative estimate of drug-likeness (QED) is 0.585. The second kappa shape index (κ2) is 10.2. The summed E-state index contributed by atoms with van der Waals surface area (Å²) < 4.78 is 0. The van der Waals surface area contributed by atoms with Crippen LogP contribution >= 0.6 is 23.2 Å². The Labute approximate surface area is 199 Å². The Balaban J connectivity index is 1.29. The van der Waals surface area contributed by atoms with Crippen LogP contribution in [0, 0.1) is 5.92 Å². The van der Waals surface area contributed by atoms with E-state index in [4.69, 9.17) is 23.2 Å². The van der Waals surface area contributed by atoms with Gasteiger partial charge in [0.25, 0.3) is 0 Å². The maximum absolute atomic E-state index is 12.9. The largest absolute Gasteiger partial charge is 0.327 e. The molecular weight excluding hydrogens is 445 g/mol. The number of urea groups is 1. The number of carbonyl (C=O) groups is 2. The van der Waals surface area contributed by atoms with Gasteiger partial charge in [0.1, 0.15) is 0 Å². The maximum Gasteiger partial charge on any atom is 0.327 e. The van der Waals surface area contributed by atoms with Crippen molar-refractivity contribution in [3.05, 3.63) is 69.7 Å². The molecule has 2 fully saturated rings. The standard InChI is InChI=1S/C25H29Cl2N3O2/c1-28-22(15-24(31)30(25(28)32)16-19-5-3-2-4-6-19)17-29-11-9-18(10-12-29)13-20-14-21(26)7-8-23(20)27/h2-8,14,18,22H,9-13,15-17H2,1H3. The summed E-state index contributed by atoms with van der Waals surface area (Å²) in [4.78, 5) is 31.1. The number of likely N-dealkylation sites (N-methyl/N-ethyl adjacent to an activating group) is 1. The first-order chi connectivity index (χ1) is 15.4. The van der Waals surface area contributed by atoms with E-state index in [1.54, 1.807) is 4.90 Å². The highest BCUT2D eigenvalue weighted by Gasteiger charge is 2.37. The number of piperidine rings is 1. The summed E-state index contributed by atoms with van der Waals surface area (Å²) in [5.41, 5.74) is 2.07. The van der Waals surface area contributed by atoms with Crippen LogP contribution in [0.3, 0.4) is 0 Å². The van der Waals surface area contributed by atoms with Crippen molar-refractivity contribution in [3.8, 4) is 0 Å². The number of hydrogen-bond acceptors (Lipinski definition) is 3. The molecule has 2 heterocycles. The van der Waals surface area contributed by atoms with Gasteiger partial charge in [0, 0.05) is 30.1 Å². The van der Waals surface area contributed by atoms with E-state index in [9.17, 15) is 9.59 Å². The molecule has 0 saturated carbocycles. The van der Waals surface area contributed by atoms with E-state index in [1.807, 2.05) is 55.6 Å². The average molecular weight is 474 g/mol. The Morgan fingerprint density at radius 3 is 2.44 bits per heavy atom. The first-order valence-corrected chi connectivity index (χ1v) is 11.9. The van der Waals surface area contributed by atoms with Crippen LogP contribution in [0.4, 0.5) is 4.79 Å². The number of amides is 3. The van der Waals surface area contributed by atoms with Gasteiger partial charge in [-0.1, -0.05) is 53.5 Å². The summed E-state index contributed by atoms with van der Waals surface area (Å²) in [6.07, 6.45) is 3.44. The molecule has 0 bridgehead atoms. The molecule has 0 spiro atoms. The normalized spacial score (nSPS) is 20.8. The van der Waals surface area contributed by atoms with E-state index in [1.165, 1.54) is 4.90 Å². The van der Waals surface area contributed by atoms with E-state index >= 15 is 0 Å². The molecule has 4 rings (SSSR count). The van der Waals surface area contributed by atoms with Crippen LogP contribution in [0.15, 0.2) is 48.5 Å². The Hall–Kier alpha value is -2.08. The summed E-state index contributed by atoms with van der Waals surface area (Å²) in [5, 5.41) is 1.50. The Morgan fingerprint density at radius 1 is 1.00 bits per heavy atom. The number of hydrogen-bond donors (Lipinski definition) is 0. The van der Waals surface area contributed by atoms with Crippen LogP contribution in [-0.2, 0) is 17.8 Å². The second-order valence-corrected chi connectivity index (χ2v) is 9.74. The number of rotatable bonds is 6. The lowest BCUT2D eigenvalue weighted by atomic mass is 9.90. The molecule has 170 valence electrons. The van der Waals surface area contributed by atoms with Crippen molar-refractivity contribution in [3.63, 3.8) is 0 Å². The molecule has 3 amide bonds. The van der Waals surface area contributed by atoms with Crippen molar-refractivity contribution in [1.29, 1.82) is 0 Å². The fourth-order valence-electron chi connectivity index (χ4n) is 4.69. The first-order valence-electron chi connectivity index (χ1n) is 11.2. The predicted molar refractivity (Wildman–Crippen MR) is 128 cm³/mol. The third-order valence-electron chi connectivity index (χ3n) is 6.67. The summed E-state index contributed by atoms with van der Waals surface area (Å²) in [6, 6.07) is 15.0. The molecule has 32 heavy (non-hydrogen) atoms. The minimum absolute atomic E-state index is 0.0825. The van der Waals surface area contributed by atoms with Gasteiger partial charge in [0.05, 0.1) is 12.6 Å². The topological polar surface area (TPSA) is 43.9 Å². The molecule has 2 saturated heterocycles. The molecule has 2 aromatic carbocycles. The molecule has 2 aliphatic rings. The van der Waals surface area contributed by atoms with Gasteiger partial charge in [0.15, 0.2) is 0 Å². The van der Waals surface area contributed by atoms with Gasteiger partial charge in [-0.25, -0.2) is 4.79 Å². The maximum atomic E-state index is 12.9. The highest BCUT2D eigenvalue weighted by Crippen LogP contribution is 2.28. The van der Waals surface area contributed by atoms with E-state index in [0.717, 1.165) is 60.1 Å². The lowest BCUT2D eigenvalue weighted by Crippen LogP contribution is -2.58. The second-order valence-electron chi connectivity index (χ2n) is 8.90. The monoisotopic (exact) mass is 473 g/mol. The molecule has 0 aromatic heterocycles. The number of halogens is 2. The zero-order valence-electron chi connectivity index (χ0n) is 18.3. The van der Waals surface area contributed by atoms with E-state index < -0.39 is 0 Å². The number of imide groups is 1. The summed E-state index contributed by atoms with van der Waals surface area (Å²) in [7, 11) is 1.81. The Kier molecular flexibility index (Phi) is 7.39. The summed E-state index contributed by atoms with van der Waals surface area (Å²) in [6.45, 7) is 2.98. The highest BCUT2D eigenvalue weighted by atomic mass is 35.5. The zero-order valence-corrected chi connectivity index (χ0v) is 19.9. The minimum Gasteiger partial charge on any atom is -0.323 e. The van der Waals surface area contributed by atoms with Crippen LogP contribution < -0.4 is 0 Å². The van der Waals surface area contributed by atoms with Crippen LogP contribution in [0.2, 0.25) is 10.0 Å². The summed E-state index contributed by atoms with van der Waals surface area (Å²) >= 11 is 12.5. The molecule has 1 atom stereocenters. The molecule has 2 aliphatic heterocycles. The van der Waals surface area contributed by atoms with Gasteiger partial charge in [-0.15, -0.1) is 0 Å². The van der Waals surface area contributed by atoms with Crippen LogP contribution in [0.1, 0.15) is 30.4 Å². The number of likely N-dealkylation sites (tertiary alicyclic amines) is 1. The van der Waals surface area contributed by atoms with Gasteiger partial charge in [-0.3, -0.25) is 9.69 Å². The lowest BCUT2D eigenvalue weighted by Gasteiger charge is -2.41. The average Bonchev–Trinajstić information content (AvgIpc) is 2.79. The molecular formula is C25H29Cl2N3O2. The fourth-order valence-corrected chi connectivity index (χ4v) is 5.08. The van der Waals surface area contributed by atoms with Gasteiger partial charge in [0.2, 0.25) is 5.91 Å². The van der Waals surface area contributed by atoms with Crippen molar-refractivity contribution >= 4 is 35.1 Å². The van der Waals surface area contributed by atoms with E-state index in [-0.39, 0.29) is 18.0 Å². The van der Waals surface area contributed by atoms with E-state index in [2.05, 4.69) is 4.90 Å². The fraction of sp³-hybridized carbons (Fsp3) is 0.440.